The van der Waals surface area contributed by atoms with Crippen LogP contribution in [-0.2, 0) is 11.2 Å². The zero-order valence-corrected chi connectivity index (χ0v) is 9.34. The van der Waals surface area contributed by atoms with E-state index in [-0.39, 0.29) is 24.0 Å². The fourth-order valence-electron chi connectivity index (χ4n) is 0.955. The number of hydrogen-bond acceptors (Lipinski definition) is 2. The number of rotatable bonds is 3. The number of carboxylic acid groups (broad SMARTS) is 1. The van der Waals surface area contributed by atoms with Gasteiger partial charge in [0.2, 0.25) is 0 Å². The van der Waals surface area contributed by atoms with Gasteiger partial charge in [-0.2, -0.15) is 0 Å². The molecule has 0 amide bonds. The molecule has 4 heteroatoms. The third-order valence-electron chi connectivity index (χ3n) is 1.62. The summed E-state index contributed by atoms with van der Waals surface area (Å²) in [6.45, 7) is 0. The number of carbonyl (C=O) groups is 1. The summed E-state index contributed by atoms with van der Waals surface area (Å²) in [6.07, 6.45) is 0.385. The van der Waals surface area contributed by atoms with E-state index in [2.05, 4.69) is 0 Å². The molecule has 1 aromatic carbocycles. The van der Waals surface area contributed by atoms with Gasteiger partial charge in [-0.05, 0) is 12.0 Å². The van der Waals surface area contributed by atoms with Gasteiger partial charge in [-0.3, -0.25) is 4.79 Å². The van der Waals surface area contributed by atoms with E-state index in [1.54, 1.807) is 0 Å². The van der Waals surface area contributed by atoms with Crippen LogP contribution in [0.1, 0.15) is 5.56 Å². The highest BCUT2D eigenvalue weighted by atomic mass is 127. The van der Waals surface area contributed by atoms with Gasteiger partial charge in [0.1, 0.15) is 6.04 Å². The normalized spacial score (nSPS) is 11.5. The third-order valence-corrected chi connectivity index (χ3v) is 1.62. The van der Waals surface area contributed by atoms with Crippen molar-refractivity contribution < 1.29 is 9.90 Å². The molecule has 0 aliphatic rings. The first kappa shape index (κ1) is 12.4. The van der Waals surface area contributed by atoms with Crippen LogP contribution in [0.3, 0.4) is 0 Å². The van der Waals surface area contributed by atoms with E-state index < -0.39 is 12.0 Å². The summed E-state index contributed by atoms with van der Waals surface area (Å²) in [5.74, 6) is -0.959. The van der Waals surface area contributed by atoms with Gasteiger partial charge < -0.3 is 10.8 Å². The van der Waals surface area contributed by atoms with Gasteiger partial charge >= 0.3 is 5.97 Å². The molecule has 0 heterocycles. The number of benzene rings is 1. The second-order valence-electron chi connectivity index (χ2n) is 2.63. The average Bonchev–Trinajstić information content (AvgIpc) is 2.06. The van der Waals surface area contributed by atoms with Crippen molar-refractivity contribution in [3.63, 3.8) is 0 Å². The summed E-state index contributed by atoms with van der Waals surface area (Å²) in [5.41, 5.74) is 6.30. The summed E-state index contributed by atoms with van der Waals surface area (Å²) in [6, 6.07) is 8.54. The average molecular weight is 293 g/mol. The Morgan fingerprint density at radius 1 is 1.38 bits per heavy atom. The van der Waals surface area contributed by atoms with Gasteiger partial charge in [-0.25, -0.2) is 0 Å². The van der Waals surface area contributed by atoms with Crippen LogP contribution in [0.25, 0.3) is 0 Å². The SMILES string of the molecule is I.N[C@@H](Cc1ccccc1)C(=O)O. The Bertz CT molecular complexity index is 264. The van der Waals surface area contributed by atoms with E-state index in [1.165, 1.54) is 0 Å². The van der Waals surface area contributed by atoms with Crippen molar-refractivity contribution in [2.45, 2.75) is 12.5 Å². The summed E-state index contributed by atoms with van der Waals surface area (Å²) in [5, 5.41) is 8.52. The Labute approximate surface area is 94.0 Å². The van der Waals surface area contributed by atoms with E-state index in [0.717, 1.165) is 5.56 Å². The maximum atomic E-state index is 10.4. The molecule has 0 aliphatic heterocycles. The number of hydrogen-bond donors (Lipinski definition) is 2. The fourth-order valence-corrected chi connectivity index (χ4v) is 0.955. The van der Waals surface area contributed by atoms with E-state index in [1.807, 2.05) is 30.3 Å². The monoisotopic (exact) mass is 293 g/mol. The van der Waals surface area contributed by atoms with E-state index in [0.29, 0.717) is 6.42 Å². The maximum Gasteiger partial charge on any atom is 0.320 e. The zero-order chi connectivity index (χ0) is 8.97. The first-order valence-corrected chi connectivity index (χ1v) is 3.72. The molecule has 72 valence electrons. The molecule has 0 aliphatic carbocycles. The smallest absolute Gasteiger partial charge is 0.320 e. The fraction of sp³-hybridized carbons (Fsp3) is 0.222. The molecular formula is C9H12INO2. The van der Waals surface area contributed by atoms with Crippen LogP contribution in [0.5, 0.6) is 0 Å². The molecule has 3 N–H and O–H groups in total. The molecule has 0 saturated heterocycles. The first-order chi connectivity index (χ1) is 5.70. The van der Waals surface area contributed by atoms with Crippen molar-refractivity contribution in [1.29, 1.82) is 0 Å². The Kier molecular flexibility index (Phi) is 5.65. The highest BCUT2D eigenvalue weighted by Crippen LogP contribution is 2.01. The Hall–Kier alpha value is -0.620. The van der Waals surface area contributed by atoms with Crippen LogP contribution in [0.4, 0.5) is 0 Å². The lowest BCUT2D eigenvalue weighted by molar-refractivity contribution is -0.138. The van der Waals surface area contributed by atoms with Crippen molar-refractivity contribution in [1.82, 2.24) is 0 Å². The summed E-state index contributed by atoms with van der Waals surface area (Å²) < 4.78 is 0. The van der Waals surface area contributed by atoms with Gasteiger partial charge in [-0.15, -0.1) is 24.0 Å². The molecule has 0 unspecified atom stereocenters. The third kappa shape index (κ3) is 4.23. The minimum atomic E-state index is -0.959. The predicted octanol–water partition coefficient (Wildman–Crippen LogP) is 1.26. The molecule has 1 rings (SSSR count). The van der Waals surface area contributed by atoms with Crippen LogP contribution in [0, 0.1) is 0 Å². The highest BCUT2D eigenvalue weighted by Gasteiger charge is 2.10. The van der Waals surface area contributed by atoms with Crippen LogP contribution in [-0.4, -0.2) is 17.1 Å². The van der Waals surface area contributed by atoms with Crippen LogP contribution < -0.4 is 5.73 Å². The standard InChI is InChI=1S/C9H11NO2.HI/c10-8(9(11)12)6-7-4-2-1-3-5-7;/h1-5,8H,6,10H2,(H,11,12);1H/t8-;/m0./s1. The summed E-state index contributed by atoms with van der Waals surface area (Å²) >= 11 is 0. The topological polar surface area (TPSA) is 63.3 Å². The van der Waals surface area contributed by atoms with Crippen LogP contribution in [0.15, 0.2) is 30.3 Å². The molecule has 0 fully saturated rings. The molecule has 0 saturated carbocycles. The van der Waals surface area contributed by atoms with Gasteiger partial charge in [0, 0.05) is 0 Å². The summed E-state index contributed by atoms with van der Waals surface area (Å²) in [4.78, 5) is 10.4. The van der Waals surface area contributed by atoms with E-state index in [9.17, 15) is 4.79 Å². The number of aliphatic carboxylic acids is 1. The number of halogens is 1. The van der Waals surface area contributed by atoms with Gasteiger partial charge in [0.05, 0.1) is 0 Å². The molecule has 1 aromatic rings. The largest absolute Gasteiger partial charge is 0.480 e. The lowest BCUT2D eigenvalue weighted by Gasteiger charge is -2.04. The Balaban J connectivity index is 0.00000144. The molecule has 0 spiro atoms. The Morgan fingerprint density at radius 3 is 2.38 bits per heavy atom. The van der Waals surface area contributed by atoms with Crippen molar-refractivity contribution in [2.24, 2.45) is 5.73 Å². The number of carboxylic acids is 1. The van der Waals surface area contributed by atoms with Crippen molar-refractivity contribution in [3.05, 3.63) is 35.9 Å². The van der Waals surface area contributed by atoms with Crippen molar-refractivity contribution in [2.75, 3.05) is 0 Å². The maximum absolute atomic E-state index is 10.4. The van der Waals surface area contributed by atoms with Crippen LogP contribution in [0.2, 0.25) is 0 Å². The zero-order valence-electron chi connectivity index (χ0n) is 7.01. The molecule has 1 atom stereocenters. The molecule has 0 bridgehead atoms. The van der Waals surface area contributed by atoms with E-state index in [4.69, 9.17) is 10.8 Å². The minimum Gasteiger partial charge on any atom is -0.480 e. The second-order valence-corrected chi connectivity index (χ2v) is 2.63. The lowest BCUT2D eigenvalue weighted by Crippen LogP contribution is -2.32. The molecule has 3 nitrogen and oxygen atoms in total. The Morgan fingerprint density at radius 2 is 1.92 bits per heavy atom. The number of nitrogens with two attached hydrogens (primary N) is 1. The first-order valence-electron chi connectivity index (χ1n) is 3.72. The summed E-state index contributed by atoms with van der Waals surface area (Å²) in [7, 11) is 0. The minimum absolute atomic E-state index is 0. The molecule has 0 radical (unpaired) electrons. The predicted molar refractivity (Wildman–Crippen MR) is 61.2 cm³/mol. The lowest BCUT2D eigenvalue weighted by atomic mass is 10.1. The highest BCUT2D eigenvalue weighted by molar-refractivity contribution is 14.0. The quantitative estimate of drug-likeness (QED) is 0.825. The van der Waals surface area contributed by atoms with Gasteiger partial charge in [0.25, 0.3) is 0 Å². The molecule has 13 heavy (non-hydrogen) atoms. The van der Waals surface area contributed by atoms with Crippen molar-refractivity contribution >= 4 is 29.9 Å². The molecular weight excluding hydrogens is 281 g/mol. The second kappa shape index (κ2) is 5.93. The molecule has 0 aromatic heterocycles. The van der Waals surface area contributed by atoms with E-state index >= 15 is 0 Å². The van der Waals surface area contributed by atoms with Gasteiger partial charge in [0.15, 0.2) is 0 Å². The van der Waals surface area contributed by atoms with Crippen LogP contribution >= 0.6 is 24.0 Å². The van der Waals surface area contributed by atoms with Crippen molar-refractivity contribution in [3.8, 4) is 0 Å². The van der Waals surface area contributed by atoms with Gasteiger partial charge in [-0.1, -0.05) is 30.3 Å².